The fraction of sp³-hybridized carbons (Fsp3) is 1.00. The zero-order valence-electron chi connectivity index (χ0n) is 8.11. The van der Waals surface area contributed by atoms with Crippen molar-refractivity contribution >= 4 is 10.0 Å². The summed E-state index contributed by atoms with van der Waals surface area (Å²) in [5.41, 5.74) is 0. The Morgan fingerprint density at radius 1 is 1.42 bits per heavy atom. The third-order valence-corrected chi connectivity index (χ3v) is 4.67. The maximum Gasteiger partial charge on any atom is 0.214 e. The summed E-state index contributed by atoms with van der Waals surface area (Å²) in [6, 6.07) is 0.190. The number of hydrogen-bond acceptors (Lipinski definition) is 2. The van der Waals surface area contributed by atoms with Crippen LogP contribution in [-0.4, -0.2) is 31.6 Å². The molecule has 4 heteroatoms. The summed E-state index contributed by atoms with van der Waals surface area (Å²) in [5, 5.41) is 0. The van der Waals surface area contributed by atoms with Gasteiger partial charge in [-0.3, -0.25) is 0 Å². The van der Waals surface area contributed by atoms with Gasteiger partial charge in [0.15, 0.2) is 0 Å². The quantitative estimate of drug-likeness (QED) is 0.618. The SMILES string of the molecule is CC(C)[C@H]1[C@@H](C)CS(=O)(=O)N1C. The summed E-state index contributed by atoms with van der Waals surface area (Å²) in [5.74, 6) is 0.981. The largest absolute Gasteiger partial charge is 0.214 e. The minimum atomic E-state index is -2.94. The van der Waals surface area contributed by atoms with Gasteiger partial charge in [0.1, 0.15) is 0 Å². The van der Waals surface area contributed by atoms with Gasteiger partial charge in [-0.15, -0.1) is 0 Å². The smallest absolute Gasteiger partial charge is 0.212 e. The van der Waals surface area contributed by atoms with Crippen molar-refractivity contribution in [1.82, 2.24) is 4.31 Å². The average Bonchev–Trinajstić information content (AvgIpc) is 2.02. The maximum absolute atomic E-state index is 11.4. The first kappa shape index (κ1) is 9.99. The Bertz CT molecular complexity index is 258. The number of sulfonamides is 1. The third-order valence-electron chi connectivity index (χ3n) is 2.60. The second-order valence-corrected chi connectivity index (χ2v) is 6.08. The fourth-order valence-corrected chi connectivity index (χ4v) is 4.09. The summed E-state index contributed by atoms with van der Waals surface area (Å²) in [7, 11) is -1.25. The predicted octanol–water partition coefficient (Wildman–Crippen LogP) is 0.922. The molecule has 3 nitrogen and oxygen atoms in total. The van der Waals surface area contributed by atoms with Crippen LogP contribution in [0.3, 0.4) is 0 Å². The molecule has 1 aliphatic heterocycles. The molecule has 0 aliphatic carbocycles. The van der Waals surface area contributed by atoms with Gasteiger partial charge in [-0.05, 0) is 11.8 Å². The molecule has 1 fully saturated rings. The number of hydrogen-bond donors (Lipinski definition) is 0. The van der Waals surface area contributed by atoms with E-state index in [4.69, 9.17) is 0 Å². The van der Waals surface area contributed by atoms with Gasteiger partial charge in [0.2, 0.25) is 10.0 Å². The fourth-order valence-electron chi connectivity index (χ4n) is 2.17. The Morgan fingerprint density at radius 2 is 1.92 bits per heavy atom. The molecule has 1 rings (SSSR count). The van der Waals surface area contributed by atoms with Crippen LogP contribution in [0.5, 0.6) is 0 Å². The first-order chi connectivity index (χ1) is 5.36. The van der Waals surface area contributed by atoms with E-state index in [0.29, 0.717) is 11.7 Å². The van der Waals surface area contributed by atoms with Crippen LogP contribution in [0, 0.1) is 11.8 Å². The standard InChI is InChI=1S/C8H17NO2S/c1-6(2)8-7(3)5-12(10,11)9(8)4/h6-8H,5H2,1-4H3/t7-,8-/m0/s1. The van der Waals surface area contributed by atoms with E-state index in [1.807, 2.05) is 6.92 Å². The van der Waals surface area contributed by atoms with Crippen LogP contribution < -0.4 is 0 Å². The first-order valence-electron chi connectivity index (χ1n) is 4.32. The number of nitrogens with zero attached hydrogens (tertiary/aromatic N) is 1. The van der Waals surface area contributed by atoms with E-state index < -0.39 is 10.0 Å². The van der Waals surface area contributed by atoms with E-state index in [1.54, 1.807) is 7.05 Å². The number of rotatable bonds is 1. The Morgan fingerprint density at radius 3 is 2.08 bits per heavy atom. The lowest BCUT2D eigenvalue weighted by Crippen LogP contribution is -2.35. The van der Waals surface area contributed by atoms with Gasteiger partial charge in [0.25, 0.3) is 0 Å². The lowest BCUT2D eigenvalue weighted by atomic mass is 9.94. The van der Waals surface area contributed by atoms with Crippen molar-refractivity contribution in [2.75, 3.05) is 12.8 Å². The molecular weight excluding hydrogens is 174 g/mol. The van der Waals surface area contributed by atoms with Crippen molar-refractivity contribution in [3.05, 3.63) is 0 Å². The summed E-state index contributed by atoms with van der Waals surface area (Å²) in [4.78, 5) is 0. The molecule has 72 valence electrons. The van der Waals surface area contributed by atoms with Crippen molar-refractivity contribution in [2.24, 2.45) is 11.8 Å². The van der Waals surface area contributed by atoms with Gasteiger partial charge in [-0.25, -0.2) is 12.7 Å². The topological polar surface area (TPSA) is 37.4 Å². The van der Waals surface area contributed by atoms with Gasteiger partial charge in [-0.1, -0.05) is 20.8 Å². The normalized spacial score (nSPS) is 36.1. The molecule has 0 N–H and O–H groups in total. The highest BCUT2D eigenvalue weighted by atomic mass is 32.2. The lowest BCUT2D eigenvalue weighted by molar-refractivity contribution is 0.264. The molecule has 0 unspecified atom stereocenters. The second-order valence-electron chi connectivity index (χ2n) is 4.01. The monoisotopic (exact) mass is 191 g/mol. The van der Waals surface area contributed by atoms with Crippen LogP contribution in [-0.2, 0) is 10.0 Å². The molecule has 0 aromatic heterocycles. The predicted molar refractivity (Wildman–Crippen MR) is 49.3 cm³/mol. The summed E-state index contributed by atoms with van der Waals surface area (Å²) in [6.07, 6.45) is 0. The van der Waals surface area contributed by atoms with Crippen LogP contribution in [0.1, 0.15) is 20.8 Å². The van der Waals surface area contributed by atoms with Crippen LogP contribution >= 0.6 is 0 Å². The van der Waals surface area contributed by atoms with E-state index in [0.717, 1.165) is 0 Å². The average molecular weight is 191 g/mol. The van der Waals surface area contributed by atoms with E-state index in [1.165, 1.54) is 4.31 Å². The van der Waals surface area contributed by atoms with Crippen LogP contribution in [0.25, 0.3) is 0 Å². The molecule has 0 amide bonds. The van der Waals surface area contributed by atoms with Crippen molar-refractivity contribution < 1.29 is 8.42 Å². The highest BCUT2D eigenvalue weighted by Crippen LogP contribution is 2.29. The second kappa shape index (κ2) is 3.00. The maximum atomic E-state index is 11.4. The molecule has 2 atom stereocenters. The molecule has 0 saturated carbocycles. The van der Waals surface area contributed by atoms with E-state index in [9.17, 15) is 8.42 Å². The van der Waals surface area contributed by atoms with Crippen molar-refractivity contribution in [2.45, 2.75) is 26.8 Å². The zero-order valence-corrected chi connectivity index (χ0v) is 8.93. The van der Waals surface area contributed by atoms with Gasteiger partial charge < -0.3 is 0 Å². The Balaban J connectivity index is 2.93. The molecule has 1 heterocycles. The lowest BCUT2D eigenvalue weighted by Gasteiger charge is -2.24. The van der Waals surface area contributed by atoms with Crippen molar-refractivity contribution in [1.29, 1.82) is 0 Å². The Labute approximate surface area is 74.8 Å². The molecule has 0 bridgehead atoms. The molecule has 0 aromatic carbocycles. The zero-order chi connectivity index (χ0) is 9.52. The Hall–Kier alpha value is -0.0900. The molecule has 0 aromatic rings. The third kappa shape index (κ3) is 1.50. The van der Waals surface area contributed by atoms with Gasteiger partial charge in [0.05, 0.1) is 5.75 Å². The van der Waals surface area contributed by atoms with E-state index in [2.05, 4.69) is 13.8 Å². The molecular formula is C8H17NO2S. The molecule has 1 saturated heterocycles. The van der Waals surface area contributed by atoms with Gasteiger partial charge >= 0.3 is 0 Å². The summed E-state index contributed by atoms with van der Waals surface area (Å²) < 4.78 is 24.4. The molecule has 0 spiro atoms. The van der Waals surface area contributed by atoms with Crippen LogP contribution in [0.2, 0.25) is 0 Å². The van der Waals surface area contributed by atoms with Crippen LogP contribution in [0.4, 0.5) is 0 Å². The first-order valence-corrected chi connectivity index (χ1v) is 5.93. The highest BCUT2D eigenvalue weighted by Gasteiger charge is 2.41. The van der Waals surface area contributed by atoms with Crippen molar-refractivity contribution in [3.8, 4) is 0 Å². The molecule has 0 radical (unpaired) electrons. The van der Waals surface area contributed by atoms with E-state index in [-0.39, 0.29) is 12.0 Å². The summed E-state index contributed by atoms with van der Waals surface area (Å²) >= 11 is 0. The van der Waals surface area contributed by atoms with Gasteiger partial charge in [-0.2, -0.15) is 0 Å². The molecule has 12 heavy (non-hydrogen) atoms. The minimum absolute atomic E-state index is 0.190. The summed E-state index contributed by atoms with van der Waals surface area (Å²) in [6.45, 7) is 6.14. The van der Waals surface area contributed by atoms with Crippen molar-refractivity contribution in [3.63, 3.8) is 0 Å². The minimum Gasteiger partial charge on any atom is -0.212 e. The van der Waals surface area contributed by atoms with E-state index >= 15 is 0 Å². The van der Waals surface area contributed by atoms with Crippen LogP contribution in [0.15, 0.2) is 0 Å². The highest BCUT2D eigenvalue weighted by molar-refractivity contribution is 7.89. The Kier molecular flexibility index (Phi) is 2.50. The van der Waals surface area contributed by atoms with Gasteiger partial charge in [0, 0.05) is 13.1 Å². The molecule has 1 aliphatic rings.